The molecule has 0 radical (unpaired) electrons. The molecule has 2 aromatic rings. The second kappa shape index (κ2) is 5.66. The summed E-state index contributed by atoms with van der Waals surface area (Å²) >= 11 is 9.18. The molecule has 0 unspecified atom stereocenters. The average molecular weight is 365 g/mol. The third kappa shape index (κ3) is 3.39. The van der Waals surface area contributed by atoms with Gasteiger partial charge < -0.3 is 4.42 Å². The molecule has 1 N–H and O–H groups in total. The lowest BCUT2D eigenvalue weighted by Crippen LogP contribution is -2.26. The molecule has 0 spiro atoms. The molecule has 1 aromatic heterocycles. The summed E-state index contributed by atoms with van der Waals surface area (Å²) in [6.07, 6.45) is 1.49. The summed E-state index contributed by atoms with van der Waals surface area (Å²) in [5, 5.41) is 0.161. The smallest absolute Gasteiger partial charge is 0.242 e. The number of hydrogen-bond donors (Lipinski definition) is 1. The molecule has 1 aromatic carbocycles. The molecule has 19 heavy (non-hydrogen) atoms. The van der Waals surface area contributed by atoms with Crippen LogP contribution in [0.5, 0.6) is 0 Å². The Bertz CT molecular complexity index is 670. The van der Waals surface area contributed by atoms with E-state index in [4.69, 9.17) is 16.0 Å². The number of benzene rings is 1. The number of nitrogens with one attached hydrogen (secondary N) is 1. The summed E-state index contributed by atoms with van der Waals surface area (Å²) in [5.74, 6) is 0.539. The number of furan rings is 1. The number of rotatable bonds is 4. The van der Waals surface area contributed by atoms with E-state index in [-0.39, 0.29) is 9.92 Å². The SMILES string of the molecule is C[C@@H](NS(=O)(=O)c1ccc(Br)cc1Cl)c1ccco1. The van der Waals surface area contributed by atoms with Crippen LogP contribution >= 0.6 is 27.5 Å². The lowest BCUT2D eigenvalue weighted by molar-refractivity contribution is 0.459. The topological polar surface area (TPSA) is 59.3 Å². The number of halogens is 2. The minimum Gasteiger partial charge on any atom is -0.468 e. The van der Waals surface area contributed by atoms with Gasteiger partial charge in [0.2, 0.25) is 10.0 Å². The Morgan fingerprint density at radius 3 is 2.68 bits per heavy atom. The third-order valence-corrected chi connectivity index (χ3v) is 5.00. The Labute approximate surface area is 124 Å². The Kier molecular flexibility index (Phi) is 4.35. The maximum atomic E-state index is 12.2. The quantitative estimate of drug-likeness (QED) is 0.899. The highest BCUT2D eigenvalue weighted by Gasteiger charge is 2.22. The maximum Gasteiger partial charge on any atom is 0.242 e. The zero-order valence-corrected chi connectivity index (χ0v) is 13.1. The lowest BCUT2D eigenvalue weighted by atomic mass is 10.3. The van der Waals surface area contributed by atoms with E-state index in [9.17, 15) is 8.42 Å². The van der Waals surface area contributed by atoms with Gasteiger partial charge in [-0.15, -0.1) is 0 Å². The lowest BCUT2D eigenvalue weighted by Gasteiger charge is -2.13. The van der Waals surface area contributed by atoms with Crippen molar-refractivity contribution in [1.29, 1.82) is 0 Å². The highest BCUT2D eigenvalue weighted by atomic mass is 79.9. The first kappa shape index (κ1) is 14.6. The average Bonchev–Trinajstić information content (AvgIpc) is 2.80. The van der Waals surface area contributed by atoms with Crippen LogP contribution in [0.2, 0.25) is 5.02 Å². The van der Waals surface area contributed by atoms with Crippen molar-refractivity contribution in [3.8, 4) is 0 Å². The standard InChI is InChI=1S/C12H11BrClNO3S/c1-8(11-3-2-6-18-11)15-19(16,17)12-5-4-9(13)7-10(12)14/h2-8,15H,1H3/t8-/m1/s1. The normalized spacial score (nSPS) is 13.4. The molecule has 0 aliphatic carbocycles. The van der Waals surface area contributed by atoms with Gasteiger partial charge in [0, 0.05) is 4.47 Å². The van der Waals surface area contributed by atoms with Gasteiger partial charge in [-0.1, -0.05) is 27.5 Å². The van der Waals surface area contributed by atoms with Gasteiger partial charge >= 0.3 is 0 Å². The molecule has 0 aliphatic heterocycles. The summed E-state index contributed by atoms with van der Waals surface area (Å²) in [4.78, 5) is 0.0378. The van der Waals surface area contributed by atoms with Crippen molar-refractivity contribution in [2.24, 2.45) is 0 Å². The Hall–Kier alpha value is -0.820. The van der Waals surface area contributed by atoms with Crippen LogP contribution in [0.3, 0.4) is 0 Å². The van der Waals surface area contributed by atoms with Crippen molar-refractivity contribution in [3.05, 3.63) is 51.9 Å². The van der Waals surface area contributed by atoms with Gasteiger partial charge in [-0.2, -0.15) is 0 Å². The molecule has 102 valence electrons. The van der Waals surface area contributed by atoms with Crippen LogP contribution in [-0.2, 0) is 10.0 Å². The van der Waals surface area contributed by atoms with E-state index in [1.165, 1.54) is 18.4 Å². The second-order valence-electron chi connectivity index (χ2n) is 3.93. The van der Waals surface area contributed by atoms with Crippen LogP contribution in [0.1, 0.15) is 18.7 Å². The zero-order chi connectivity index (χ0) is 14.0. The van der Waals surface area contributed by atoms with Crippen molar-refractivity contribution in [2.45, 2.75) is 17.9 Å². The van der Waals surface area contributed by atoms with Crippen LogP contribution < -0.4 is 4.72 Å². The summed E-state index contributed by atoms with van der Waals surface area (Å²) in [7, 11) is -3.70. The fourth-order valence-electron chi connectivity index (χ4n) is 1.59. The molecule has 0 fully saturated rings. The summed E-state index contributed by atoms with van der Waals surface area (Å²) in [5.41, 5.74) is 0. The first-order valence-corrected chi connectivity index (χ1v) is 8.06. The first-order valence-electron chi connectivity index (χ1n) is 5.41. The van der Waals surface area contributed by atoms with Crippen LogP contribution in [-0.4, -0.2) is 8.42 Å². The molecular formula is C12H11BrClNO3S. The second-order valence-corrected chi connectivity index (χ2v) is 6.94. The van der Waals surface area contributed by atoms with Gasteiger partial charge in [-0.25, -0.2) is 13.1 Å². The van der Waals surface area contributed by atoms with Crippen molar-refractivity contribution >= 4 is 37.6 Å². The van der Waals surface area contributed by atoms with E-state index < -0.39 is 16.1 Å². The van der Waals surface area contributed by atoms with E-state index in [0.29, 0.717) is 5.76 Å². The minimum atomic E-state index is -3.70. The zero-order valence-electron chi connectivity index (χ0n) is 9.93. The molecule has 0 saturated carbocycles. The number of sulfonamides is 1. The Balaban J connectivity index is 2.28. The van der Waals surface area contributed by atoms with Gasteiger partial charge in [0.25, 0.3) is 0 Å². The summed E-state index contributed by atoms with van der Waals surface area (Å²) < 4.78 is 32.8. The van der Waals surface area contributed by atoms with E-state index in [0.717, 1.165) is 4.47 Å². The van der Waals surface area contributed by atoms with Crippen LogP contribution in [0.4, 0.5) is 0 Å². The fraction of sp³-hybridized carbons (Fsp3) is 0.167. The highest BCUT2D eigenvalue weighted by molar-refractivity contribution is 9.10. The molecular weight excluding hydrogens is 354 g/mol. The van der Waals surface area contributed by atoms with Gasteiger partial charge in [0.05, 0.1) is 17.3 Å². The fourth-order valence-corrected chi connectivity index (χ4v) is 3.83. The van der Waals surface area contributed by atoms with Crippen LogP contribution in [0.25, 0.3) is 0 Å². The molecule has 4 nitrogen and oxygen atoms in total. The van der Waals surface area contributed by atoms with Crippen LogP contribution in [0.15, 0.2) is 50.4 Å². The van der Waals surface area contributed by atoms with Gasteiger partial charge in [0.15, 0.2) is 0 Å². The summed E-state index contributed by atoms with van der Waals surface area (Å²) in [6.45, 7) is 1.70. The number of hydrogen-bond acceptors (Lipinski definition) is 3. The largest absolute Gasteiger partial charge is 0.468 e. The molecule has 0 saturated heterocycles. The van der Waals surface area contributed by atoms with E-state index in [1.54, 1.807) is 25.1 Å². The van der Waals surface area contributed by atoms with Crippen molar-refractivity contribution in [3.63, 3.8) is 0 Å². The van der Waals surface area contributed by atoms with Gasteiger partial charge in [0.1, 0.15) is 10.7 Å². The molecule has 0 bridgehead atoms. The summed E-state index contributed by atoms with van der Waals surface area (Å²) in [6, 6.07) is 7.54. The highest BCUT2D eigenvalue weighted by Crippen LogP contribution is 2.26. The predicted molar refractivity (Wildman–Crippen MR) is 76.6 cm³/mol. The molecule has 1 atom stereocenters. The van der Waals surface area contributed by atoms with E-state index >= 15 is 0 Å². The van der Waals surface area contributed by atoms with E-state index in [2.05, 4.69) is 20.7 Å². The Morgan fingerprint density at radius 1 is 1.37 bits per heavy atom. The van der Waals surface area contributed by atoms with Gasteiger partial charge in [-0.3, -0.25) is 0 Å². The van der Waals surface area contributed by atoms with Gasteiger partial charge in [-0.05, 0) is 37.3 Å². The molecule has 7 heteroatoms. The van der Waals surface area contributed by atoms with Crippen molar-refractivity contribution in [2.75, 3.05) is 0 Å². The Morgan fingerprint density at radius 2 is 2.11 bits per heavy atom. The third-order valence-electron chi connectivity index (χ3n) is 2.49. The van der Waals surface area contributed by atoms with Crippen molar-refractivity contribution in [1.82, 2.24) is 4.72 Å². The van der Waals surface area contributed by atoms with E-state index in [1.807, 2.05) is 0 Å². The van der Waals surface area contributed by atoms with Crippen LogP contribution in [0, 0.1) is 0 Å². The first-order chi connectivity index (χ1) is 8.90. The molecule has 0 amide bonds. The monoisotopic (exact) mass is 363 g/mol. The molecule has 1 heterocycles. The molecule has 0 aliphatic rings. The predicted octanol–water partition coefficient (Wildman–Crippen LogP) is 3.74. The van der Waals surface area contributed by atoms with Crippen molar-refractivity contribution < 1.29 is 12.8 Å². The maximum absolute atomic E-state index is 12.2. The minimum absolute atomic E-state index is 0.0378. The molecule has 2 rings (SSSR count).